The maximum Gasteiger partial charge on any atom is 0.243 e. The van der Waals surface area contributed by atoms with Crippen LogP contribution in [0, 0.1) is 12.3 Å². The van der Waals surface area contributed by atoms with Crippen LogP contribution >= 0.6 is 0 Å². The van der Waals surface area contributed by atoms with E-state index in [9.17, 15) is 4.79 Å². The molecule has 1 aliphatic rings. The molecule has 0 saturated heterocycles. The molecule has 0 atom stereocenters. The number of hydrogen-bond donors (Lipinski definition) is 2. The number of nitrogens with two attached hydrogens (primary N) is 1. The Morgan fingerprint density at radius 3 is 2.28 bits per heavy atom. The van der Waals surface area contributed by atoms with Gasteiger partial charge in [0.1, 0.15) is 0 Å². The second kappa shape index (κ2) is 9.21. The van der Waals surface area contributed by atoms with Crippen LogP contribution in [0.4, 0.5) is 0 Å². The molecule has 136 valence electrons. The van der Waals surface area contributed by atoms with Crippen LogP contribution in [0.15, 0.2) is 47.4 Å². The number of nitrogens with one attached hydrogen (secondary N) is 1. The van der Waals surface area contributed by atoms with E-state index in [1.807, 2.05) is 13.8 Å². The zero-order chi connectivity index (χ0) is 19.0. The number of aryl methyl sites for hydroxylation is 1. The molecular weight excluding hydrogens is 312 g/mol. The molecule has 2 rings (SSSR count). The van der Waals surface area contributed by atoms with Gasteiger partial charge in [-0.25, -0.2) is 0 Å². The van der Waals surface area contributed by atoms with Gasteiger partial charge in [0.2, 0.25) is 5.78 Å². The van der Waals surface area contributed by atoms with Crippen molar-refractivity contribution >= 4 is 12.0 Å². The van der Waals surface area contributed by atoms with Crippen molar-refractivity contribution in [3.05, 3.63) is 58.5 Å². The first-order valence-electron chi connectivity index (χ1n) is 8.81. The number of carbonyl (C=O) groups excluding carboxylic acids is 1. The molecule has 25 heavy (non-hydrogen) atoms. The average molecular weight is 342 g/mol. The predicted molar refractivity (Wildman–Crippen MR) is 104 cm³/mol. The smallest absolute Gasteiger partial charge is 0.243 e. The molecule has 0 amide bonds. The van der Waals surface area contributed by atoms with Crippen molar-refractivity contribution in [2.45, 2.75) is 52.9 Å². The molecule has 0 spiro atoms. The van der Waals surface area contributed by atoms with E-state index in [4.69, 9.17) is 15.9 Å². The third kappa shape index (κ3) is 5.05. The molecule has 4 nitrogen and oxygen atoms in total. The summed E-state index contributed by atoms with van der Waals surface area (Å²) in [5.74, 6) is -0.179. The van der Waals surface area contributed by atoms with Crippen molar-refractivity contribution in [3.8, 4) is 0 Å². The first kappa shape index (κ1) is 20.7. The first-order chi connectivity index (χ1) is 11.9. The van der Waals surface area contributed by atoms with Gasteiger partial charge in [0, 0.05) is 17.2 Å². The molecule has 0 bridgehead atoms. The lowest BCUT2D eigenvalue weighted by molar-refractivity contribution is -0.115. The number of benzene rings is 1. The zero-order valence-electron chi connectivity index (χ0n) is 16.0. The van der Waals surface area contributed by atoms with E-state index in [0.29, 0.717) is 12.2 Å². The number of ketones is 1. The topological polar surface area (TPSA) is 76.2 Å². The highest BCUT2D eigenvalue weighted by atomic mass is 16.5. The highest BCUT2D eigenvalue weighted by molar-refractivity contribution is 6.08. The fraction of sp³-hybridized carbons (Fsp3) is 0.429. The van der Waals surface area contributed by atoms with Crippen LogP contribution in [0.2, 0.25) is 0 Å². The molecule has 1 saturated carbocycles. The number of allylic oxidation sites excluding steroid dienone is 2. The van der Waals surface area contributed by atoms with Crippen LogP contribution in [0.25, 0.3) is 0 Å². The Morgan fingerprint density at radius 1 is 1.28 bits per heavy atom. The summed E-state index contributed by atoms with van der Waals surface area (Å²) < 4.78 is 5.85. The minimum Gasteiger partial charge on any atom is -0.488 e. The molecule has 1 aromatic carbocycles. The summed E-state index contributed by atoms with van der Waals surface area (Å²) in [6, 6.07) is 8.44. The third-order valence-corrected chi connectivity index (χ3v) is 4.36. The Hall–Kier alpha value is -2.36. The normalized spacial score (nSPS) is 16.1. The maximum absolute atomic E-state index is 12.3. The third-order valence-electron chi connectivity index (χ3n) is 4.36. The Balaban J connectivity index is 0.00000151. The van der Waals surface area contributed by atoms with Gasteiger partial charge in [0.25, 0.3) is 0 Å². The van der Waals surface area contributed by atoms with E-state index in [-0.39, 0.29) is 22.7 Å². The molecule has 0 aromatic heterocycles. The maximum atomic E-state index is 12.3. The second-order valence-corrected chi connectivity index (χ2v) is 6.16. The SMILES string of the molecule is C/C=C(/N)C(=O)/C(OCC1(c2ccc(C)cc2)CC1)=C(/C)C=N.CC. The summed E-state index contributed by atoms with van der Waals surface area (Å²) in [7, 11) is 0. The molecule has 3 N–H and O–H groups in total. The van der Waals surface area contributed by atoms with Crippen LogP contribution in [0.5, 0.6) is 0 Å². The van der Waals surface area contributed by atoms with Gasteiger partial charge < -0.3 is 15.9 Å². The standard InChI is InChI=1S/C19H24N2O2.C2H6/c1-4-16(21)17(22)18(14(3)11-20)23-12-19(9-10-19)15-7-5-13(2)6-8-15;1-2/h4-8,11,20H,9-10,12,21H2,1-3H3;1-2H3/b16-4+,18-14+,20-11?;. The van der Waals surface area contributed by atoms with Gasteiger partial charge >= 0.3 is 0 Å². The Bertz CT molecular complexity index is 666. The lowest BCUT2D eigenvalue weighted by Gasteiger charge is -2.19. The molecule has 0 unspecified atom stereocenters. The average Bonchev–Trinajstić information content (AvgIpc) is 3.43. The fourth-order valence-electron chi connectivity index (χ4n) is 2.47. The van der Waals surface area contributed by atoms with E-state index in [1.165, 1.54) is 11.1 Å². The van der Waals surface area contributed by atoms with Crippen molar-refractivity contribution < 1.29 is 9.53 Å². The van der Waals surface area contributed by atoms with Gasteiger partial charge in [0.05, 0.1) is 12.3 Å². The summed E-state index contributed by atoms with van der Waals surface area (Å²) in [4.78, 5) is 12.3. The molecule has 1 aliphatic carbocycles. The number of carbonyl (C=O) groups is 1. The summed E-state index contributed by atoms with van der Waals surface area (Å²) in [5.41, 5.74) is 8.78. The number of rotatable bonds is 7. The largest absolute Gasteiger partial charge is 0.488 e. The van der Waals surface area contributed by atoms with Gasteiger partial charge in [-0.3, -0.25) is 4.79 Å². The predicted octanol–water partition coefficient (Wildman–Crippen LogP) is 4.42. The lowest BCUT2D eigenvalue weighted by atomic mass is 9.96. The second-order valence-electron chi connectivity index (χ2n) is 6.16. The van der Waals surface area contributed by atoms with Crippen LogP contribution in [-0.4, -0.2) is 18.6 Å². The molecule has 0 aliphatic heterocycles. The lowest BCUT2D eigenvalue weighted by Crippen LogP contribution is -2.22. The molecule has 0 radical (unpaired) electrons. The van der Waals surface area contributed by atoms with Crippen molar-refractivity contribution in [3.63, 3.8) is 0 Å². The minimum atomic E-state index is -0.354. The Kier molecular flexibility index (Phi) is 7.62. The summed E-state index contributed by atoms with van der Waals surface area (Å²) in [6.07, 6.45) is 4.76. The van der Waals surface area contributed by atoms with Gasteiger partial charge in [-0.05, 0) is 39.2 Å². The Labute approximate surface area is 151 Å². The monoisotopic (exact) mass is 342 g/mol. The van der Waals surface area contributed by atoms with E-state index in [1.54, 1.807) is 19.9 Å². The molecule has 0 heterocycles. The van der Waals surface area contributed by atoms with Gasteiger partial charge in [-0.2, -0.15) is 0 Å². The highest BCUT2D eigenvalue weighted by Crippen LogP contribution is 2.48. The van der Waals surface area contributed by atoms with Crippen molar-refractivity contribution in [2.75, 3.05) is 6.61 Å². The van der Waals surface area contributed by atoms with E-state index < -0.39 is 0 Å². The molecular formula is C21H30N2O2. The van der Waals surface area contributed by atoms with Crippen molar-refractivity contribution in [1.82, 2.24) is 0 Å². The van der Waals surface area contributed by atoms with Gasteiger partial charge in [-0.1, -0.05) is 49.8 Å². The zero-order valence-corrected chi connectivity index (χ0v) is 16.0. The molecule has 4 heteroatoms. The van der Waals surface area contributed by atoms with Crippen LogP contribution in [0.1, 0.15) is 51.7 Å². The summed E-state index contributed by atoms with van der Waals surface area (Å²) in [6.45, 7) is 9.89. The van der Waals surface area contributed by atoms with E-state index >= 15 is 0 Å². The summed E-state index contributed by atoms with van der Waals surface area (Å²) >= 11 is 0. The number of Topliss-reactive ketones (excluding diaryl/α,β-unsaturated/α-hetero) is 1. The highest BCUT2D eigenvalue weighted by Gasteiger charge is 2.45. The molecule has 1 fully saturated rings. The summed E-state index contributed by atoms with van der Waals surface area (Å²) in [5, 5.41) is 7.39. The minimum absolute atomic E-state index is 0.0216. The van der Waals surface area contributed by atoms with Crippen molar-refractivity contribution in [1.29, 1.82) is 5.41 Å². The van der Waals surface area contributed by atoms with Crippen molar-refractivity contribution in [2.24, 2.45) is 5.73 Å². The van der Waals surface area contributed by atoms with Gasteiger partial charge in [0.15, 0.2) is 5.76 Å². The van der Waals surface area contributed by atoms with E-state index in [0.717, 1.165) is 19.1 Å². The number of hydrogen-bond acceptors (Lipinski definition) is 4. The van der Waals surface area contributed by atoms with Crippen LogP contribution in [-0.2, 0) is 14.9 Å². The quantitative estimate of drug-likeness (QED) is 0.437. The first-order valence-corrected chi connectivity index (χ1v) is 8.81. The van der Waals surface area contributed by atoms with E-state index in [2.05, 4.69) is 31.2 Å². The fourth-order valence-corrected chi connectivity index (χ4v) is 2.47. The van der Waals surface area contributed by atoms with Gasteiger partial charge in [-0.15, -0.1) is 0 Å². The number of ether oxygens (including phenoxy) is 1. The van der Waals surface area contributed by atoms with Crippen LogP contribution < -0.4 is 5.73 Å². The Morgan fingerprint density at radius 2 is 1.84 bits per heavy atom. The molecule has 1 aromatic rings. The van der Waals surface area contributed by atoms with Crippen LogP contribution in [0.3, 0.4) is 0 Å².